The summed E-state index contributed by atoms with van der Waals surface area (Å²) in [4.78, 5) is 41.9. The summed E-state index contributed by atoms with van der Waals surface area (Å²) in [6.07, 6.45) is 1.81. The van der Waals surface area contributed by atoms with E-state index in [4.69, 9.17) is 0 Å². The minimum Gasteiger partial charge on any atom is -0.362 e. The molecular weight excluding hydrogens is 440 g/mol. The van der Waals surface area contributed by atoms with Crippen LogP contribution in [0.1, 0.15) is 37.7 Å². The van der Waals surface area contributed by atoms with E-state index >= 15 is 0 Å². The Morgan fingerprint density at radius 3 is 2.82 bits per heavy atom. The third-order valence-electron chi connectivity index (χ3n) is 5.95. The van der Waals surface area contributed by atoms with Crippen LogP contribution >= 0.6 is 11.3 Å². The quantitative estimate of drug-likeness (QED) is 0.427. The van der Waals surface area contributed by atoms with Crippen molar-refractivity contribution in [2.45, 2.75) is 32.1 Å². The standard InChI is InChI=1S/C24H20N4O4S/c1-13-20(23(30)27-24-26-16-8-2-3-11-19(16)33-24)21(14-6-4-7-15(12-14)28(31)32)22-17(25-13)9-5-10-18(22)29/h2-4,6-8,11-12,21,25H,5,9-10H2,1H3,(H,26,27,30). The molecule has 0 spiro atoms. The van der Waals surface area contributed by atoms with Gasteiger partial charge in [0.25, 0.3) is 11.6 Å². The maximum atomic E-state index is 13.5. The van der Waals surface area contributed by atoms with Gasteiger partial charge in [0.05, 0.1) is 15.1 Å². The molecule has 2 N–H and O–H groups in total. The number of para-hydroxylation sites is 1. The molecule has 0 saturated carbocycles. The Hall–Kier alpha value is -3.85. The number of hydrogen-bond donors (Lipinski definition) is 2. The zero-order chi connectivity index (χ0) is 23.1. The highest BCUT2D eigenvalue weighted by molar-refractivity contribution is 7.22. The molecule has 8 nitrogen and oxygen atoms in total. The molecule has 2 aliphatic rings. The normalized spacial score (nSPS) is 18.2. The van der Waals surface area contributed by atoms with Gasteiger partial charge in [-0.1, -0.05) is 35.6 Å². The number of carbonyl (C=O) groups excluding carboxylic acids is 2. The van der Waals surface area contributed by atoms with Crippen molar-refractivity contribution in [3.8, 4) is 0 Å². The lowest BCUT2D eigenvalue weighted by Crippen LogP contribution is -2.35. The number of carbonyl (C=O) groups is 2. The number of Topliss-reactive ketones (excluding diaryl/α,β-unsaturated/α-hetero) is 1. The van der Waals surface area contributed by atoms with Gasteiger partial charge in [0.15, 0.2) is 10.9 Å². The number of allylic oxidation sites excluding steroid dienone is 3. The summed E-state index contributed by atoms with van der Waals surface area (Å²) in [5.41, 5.74) is 3.54. The van der Waals surface area contributed by atoms with Gasteiger partial charge in [0.1, 0.15) is 0 Å². The van der Waals surface area contributed by atoms with Crippen molar-refractivity contribution in [2.24, 2.45) is 0 Å². The fourth-order valence-corrected chi connectivity index (χ4v) is 5.39. The summed E-state index contributed by atoms with van der Waals surface area (Å²) in [5, 5.41) is 18.0. The summed E-state index contributed by atoms with van der Waals surface area (Å²) in [6.45, 7) is 1.79. The number of fused-ring (bicyclic) bond motifs is 1. The highest BCUT2D eigenvalue weighted by Gasteiger charge is 2.39. The number of rotatable bonds is 4. The number of dihydropyridines is 1. The number of nitrogens with one attached hydrogen (secondary N) is 2. The highest BCUT2D eigenvalue weighted by atomic mass is 32.1. The van der Waals surface area contributed by atoms with Crippen molar-refractivity contribution in [1.82, 2.24) is 10.3 Å². The molecule has 5 rings (SSSR count). The summed E-state index contributed by atoms with van der Waals surface area (Å²) >= 11 is 1.36. The van der Waals surface area contributed by atoms with Crippen LogP contribution in [0.15, 0.2) is 71.1 Å². The highest BCUT2D eigenvalue weighted by Crippen LogP contribution is 2.43. The van der Waals surface area contributed by atoms with E-state index in [2.05, 4.69) is 15.6 Å². The van der Waals surface area contributed by atoms with E-state index in [0.717, 1.165) is 22.3 Å². The zero-order valence-electron chi connectivity index (χ0n) is 17.8. The number of nitro groups is 1. The van der Waals surface area contributed by atoms with Crippen LogP contribution in [0.25, 0.3) is 10.2 Å². The van der Waals surface area contributed by atoms with Crippen LogP contribution in [0.5, 0.6) is 0 Å². The van der Waals surface area contributed by atoms with Crippen LogP contribution < -0.4 is 10.6 Å². The van der Waals surface area contributed by atoms with E-state index in [-0.39, 0.29) is 17.4 Å². The minimum absolute atomic E-state index is 0.0435. The second-order valence-corrected chi connectivity index (χ2v) is 9.09. The molecule has 33 heavy (non-hydrogen) atoms. The summed E-state index contributed by atoms with van der Waals surface area (Å²) in [5.74, 6) is -1.12. The Balaban J connectivity index is 1.59. The van der Waals surface area contributed by atoms with Crippen molar-refractivity contribution in [3.63, 3.8) is 0 Å². The number of benzene rings is 2. The van der Waals surface area contributed by atoms with Crippen molar-refractivity contribution in [1.29, 1.82) is 0 Å². The van der Waals surface area contributed by atoms with E-state index in [1.807, 2.05) is 24.3 Å². The Morgan fingerprint density at radius 2 is 2.03 bits per heavy atom. The fraction of sp³-hybridized carbons (Fsp3) is 0.208. The van der Waals surface area contributed by atoms with Gasteiger partial charge in [0, 0.05) is 47.0 Å². The van der Waals surface area contributed by atoms with Crippen LogP contribution in [0.2, 0.25) is 0 Å². The molecule has 1 aliphatic carbocycles. The molecule has 1 aliphatic heterocycles. The number of amides is 1. The molecule has 0 fully saturated rings. The predicted molar refractivity (Wildman–Crippen MR) is 126 cm³/mol. The SMILES string of the molecule is CC1=C(C(=O)Nc2nc3ccccc3s2)C(c2cccc([N+](=O)[O-])c2)C2=C(CCCC2=O)N1. The first-order chi connectivity index (χ1) is 15.9. The monoisotopic (exact) mass is 460 g/mol. The van der Waals surface area contributed by atoms with Crippen molar-refractivity contribution in [3.05, 3.63) is 86.7 Å². The van der Waals surface area contributed by atoms with Crippen LogP contribution in [0.3, 0.4) is 0 Å². The number of thiazole rings is 1. The predicted octanol–water partition coefficient (Wildman–Crippen LogP) is 4.81. The Morgan fingerprint density at radius 1 is 1.21 bits per heavy atom. The molecule has 0 saturated heterocycles. The zero-order valence-corrected chi connectivity index (χ0v) is 18.6. The van der Waals surface area contributed by atoms with E-state index < -0.39 is 10.8 Å². The lowest BCUT2D eigenvalue weighted by atomic mass is 9.75. The van der Waals surface area contributed by atoms with Gasteiger partial charge in [0.2, 0.25) is 0 Å². The molecule has 3 aromatic rings. The average Bonchev–Trinajstić information content (AvgIpc) is 3.20. The van der Waals surface area contributed by atoms with Gasteiger partial charge in [-0.2, -0.15) is 0 Å². The van der Waals surface area contributed by atoms with Crippen LogP contribution in [-0.2, 0) is 9.59 Å². The first-order valence-corrected chi connectivity index (χ1v) is 11.4. The number of ketones is 1. The molecule has 1 aromatic heterocycles. The van der Waals surface area contributed by atoms with Gasteiger partial charge in [-0.25, -0.2) is 4.98 Å². The lowest BCUT2D eigenvalue weighted by molar-refractivity contribution is -0.384. The van der Waals surface area contributed by atoms with Crippen LogP contribution in [0.4, 0.5) is 10.8 Å². The molecule has 0 bridgehead atoms. The largest absolute Gasteiger partial charge is 0.362 e. The lowest BCUT2D eigenvalue weighted by Gasteiger charge is -2.34. The molecule has 166 valence electrons. The van der Waals surface area contributed by atoms with Gasteiger partial charge < -0.3 is 5.32 Å². The second-order valence-electron chi connectivity index (χ2n) is 8.06. The van der Waals surface area contributed by atoms with Crippen molar-refractivity contribution >= 4 is 44.1 Å². The second kappa shape index (κ2) is 8.25. The van der Waals surface area contributed by atoms with Gasteiger partial charge >= 0.3 is 0 Å². The van der Waals surface area contributed by atoms with Crippen LogP contribution in [0, 0.1) is 10.1 Å². The maximum Gasteiger partial charge on any atom is 0.269 e. The van der Waals surface area contributed by atoms with Gasteiger partial charge in [-0.15, -0.1) is 0 Å². The van der Waals surface area contributed by atoms with Crippen molar-refractivity contribution < 1.29 is 14.5 Å². The first-order valence-electron chi connectivity index (χ1n) is 10.6. The number of hydrogen-bond acceptors (Lipinski definition) is 7. The van der Waals surface area contributed by atoms with Crippen LogP contribution in [-0.4, -0.2) is 21.6 Å². The number of aromatic nitrogens is 1. The third kappa shape index (κ3) is 3.80. The number of non-ortho nitro benzene ring substituents is 1. The molecular formula is C24H20N4O4S. The molecule has 1 amide bonds. The Bertz CT molecular complexity index is 1350. The van der Waals surface area contributed by atoms with E-state index in [9.17, 15) is 19.7 Å². The van der Waals surface area contributed by atoms with Gasteiger partial charge in [-0.05, 0) is 37.5 Å². The summed E-state index contributed by atoms with van der Waals surface area (Å²) in [6, 6.07) is 13.8. The smallest absolute Gasteiger partial charge is 0.269 e. The van der Waals surface area contributed by atoms with E-state index in [1.165, 1.54) is 23.5 Å². The topological polar surface area (TPSA) is 114 Å². The molecule has 1 atom stereocenters. The maximum absolute atomic E-state index is 13.5. The Kier molecular flexibility index (Phi) is 5.26. The molecule has 9 heteroatoms. The molecule has 2 heterocycles. The molecule has 2 aromatic carbocycles. The van der Waals surface area contributed by atoms with Gasteiger partial charge in [-0.3, -0.25) is 25.0 Å². The van der Waals surface area contributed by atoms with E-state index in [1.54, 1.807) is 19.1 Å². The summed E-state index contributed by atoms with van der Waals surface area (Å²) in [7, 11) is 0. The fourth-order valence-electron chi connectivity index (χ4n) is 4.53. The summed E-state index contributed by atoms with van der Waals surface area (Å²) < 4.78 is 0.947. The average molecular weight is 461 g/mol. The van der Waals surface area contributed by atoms with Crippen molar-refractivity contribution in [2.75, 3.05) is 5.32 Å². The van der Waals surface area contributed by atoms with E-state index in [0.29, 0.717) is 40.4 Å². The number of anilines is 1. The molecule has 0 radical (unpaired) electrons. The first kappa shape index (κ1) is 21.0. The number of nitrogens with zero attached hydrogens (tertiary/aromatic N) is 2. The number of nitro benzene ring substituents is 1. The molecule has 1 unspecified atom stereocenters. The minimum atomic E-state index is -0.691. The Labute approximate surface area is 193 Å². The third-order valence-corrected chi connectivity index (χ3v) is 6.90.